The van der Waals surface area contributed by atoms with E-state index in [1.807, 2.05) is 17.9 Å². The second-order valence-corrected chi connectivity index (χ2v) is 5.95. The van der Waals surface area contributed by atoms with Crippen LogP contribution in [0.5, 0.6) is 5.75 Å². The summed E-state index contributed by atoms with van der Waals surface area (Å²) in [6.45, 7) is 3.78. The van der Waals surface area contributed by atoms with Crippen molar-refractivity contribution < 1.29 is 9.13 Å². The molecule has 1 atom stereocenters. The van der Waals surface area contributed by atoms with E-state index in [1.54, 1.807) is 12.1 Å². The normalized spacial score (nSPS) is 19.3. The number of nitrogens with zero attached hydrogens (tertiary/aromatic N) is 3. The molecule has 3 rings (SSSR count). The zero-order chi connectivity index (χ0) is 15.4. The number of halogens is 1. The van der Waals surface area contributed by atoms with Gasteiger partial charge in [-0.2, -0.15) is 5.10 Å². The van der Waals surface area contributed by atoms with Crippen LogP contribution in [0.4, 0.5) is 4.39 Å². The molecule has 4 nitrogen and oxygen atoms in total. The quantitative estimate of drug-likeness (QED) is 0.851. The number of rotatable bonds is 5. The Balaban J connectivity index is 1.50. The van der Waals surface area contributed by atoms with Gasteiger partial charge < -0.3 is 4.74 Å². The molecule has 1 aliphatic rings. The minimum atomic E-state index is -0.229. The summed E-state index contributed by atoms with van der Waals surface area (Å²) in [5.74, 6) is 1.03. The molecule has 0 amide bonds. The first-order valence-corrected chi connectivity index (χ1v) is 7.78. The van der Waals surface area contributed by atoms with E-state index in [0.29, 0.717) is 12.5 Å². The molecule has 1 saturated heterocycles. The summed E-state index contributed by atoms with van der Waals surface area (Å²) in [5, 5.41) is 4.22. The van der Waals surface area contributed by atoms with Crippen LogP contribution in [0.25, 0.3) is 0 Å². The monoisotopic (exact) mass is 303 g/mol. The lowest BCUT2D eigenvalue weighted by Crippen LogP contribution is -2.37. The molecule has 5 heteroatoms. The number of likely N-dealkylation sites (tertiary alicyclic amines) is 1. The molecule has 0 aliphatic carbocycles. The molecule has 0 N–H and O–H groups in total. The second-order valence-electron chi connectivity index (χ2n) is 5.95. The Labute approximate surface area is 130 Å². The van der Waals surface area contributed by atoms with E-state index in [2.05, 4.69) is 16.1 Å². The van der Waals surface area contributed by atoms with Crippen LogP contribution in [0.3, 0.4) is 0 Å². The van der Waals surface area contributed by atoms with Crippen LogP contribution < -0.4 is 4.74 Å². The van der Waals surface area contributed by atoms with Gasteiger partial charge in [0.25, 0.3) is 0 Å². The maximum absolute atomic E-state index is 12.9. The predicted octanol–water partition coefficient (Wildman–Crippen LogP) is 2.85. The Morgan fingerprint density at radius 1 is 1.27 bits per heavy atom. The lowest BCUT2D eigenvalue weighted by molar-refractivity contribution is 0.123. The van der Waals surface area contributed by atoms with Gasteiger partial charge >= 0.3 is 0 Å². The maximum atomic E-state index is 12.9. The van der Waals surface area contributed by atoms with Gasteiger partial charge in [-0.3, -0.25) is 9.58 Å². The van der Waals surface area contributed by atoms with Crippen molar-refractivity contribution in [3.05, 3.63) is 48.0 Å². The van der Waals surface area contributed by atoms with Gasteiger partial charge in [0.2, 0.25) is 0 Å². The summed E-state index contributed by atoms with van der Waals surface area (Å²) in [5.41, 5.74) is 1.24. The van der Waals surface area contributed by atoms with Crippen LogP contribution in [-0.2, 0) is 13.6 Å². The zero-order valence-corrected chi connectivity index (χ0v) is 12.9. The van der Waals surface area contributed by atoms with Crippen LogP contribution in [0.1, 0.15) is 18.5 Å². The Morgan fingerprint density at radius 2 is 2.09 bits per heavy atom. The van der Waals surface area contributed by atoms with E-state index >= 15 is 0 Å². The smallest absolute Gasteiger partial charge is 0.123 e. The van der Waals surface area contributed by atoms with E-state index in [-0.39, 0.29) is 5.82 Å². The Kier molecular flexibility index (Phi) is 4.73. The van der Waals surface area contributed by atoms with Gasteiger partial charge in [-0.25, -0.2) is 4.39 Å². The van der Waals surface area contributed by atoms with E-state index in [4.69, 9.17) is 4.74 Å². The first-order valence-electron chi connectivity index (χ1n) is 7.78. The van der Waals surface area contributed by atoms with E-state index < -0.39 is 0 Å². The summed E-state index contributed by atoms with van der Waals surface area (Å²) in [7, 11) is 1.98. The third-order valence-corrected chi connectivity index (χ3v) is 4.21. The molecular weight excluding hydrogens is 281 g/mol. The van der Waals surface area contributed by atoms with E-state index in [1.165, 1.54) is 30.7 Å². The minimum Gasteiger partial charge on any atom is -0.493 e. The van der Waals surface area contributed by atoms with Gasteiger partial charge in [-0.15, -0.1) is 0 Å². The number of piperidine rings is 1. The topological polar surface area (TPSA) is 30.3 Å². The largest absolute Gasteiger partial charge is 0.493 e. The number of ether oxygens (including phenoxy) is 1. The first kappa shape index (κ1) is 15.0. The SMILES string of the molecule is Cn1nccc1CN1CCC[C@@H](COc2ccc(F)cc2)C1. The van der Waals surface area contributed by atoms with Crippen LogP contribution in [0.2, 0.25) is 0 Å². The summed E-state index contributed by atoms with van der Waals surface area (Å²) in [4.78, 5) is 2.46. The standard InChI is InChI=1S/C17H22FN3O/c1-20-16(8-9-19-20)12-21-10-2-3-14(11-21)13-22-17-6-4-15(18)5-7-17/h4-9,14H,2-3,10-13H2,1H3/t14-/m1/s1. The van der Waals surface area contributed by atoms with Gasteiger partial charge in [0.05, 0.1) is 12.3 Å². The van der Waals surface area contributed by atoms with Crippen molar-refractivity contribution in [2.24, 2.45) is 13.0 Å². The fraction of sp³-hybridized carbons (Fsp3) is 0.471. The second kappa shape index (κ2) is 6.92. The molecule has 2 heterocycles. The van der Waals surface area contributed by atoms with Crippen molar-refractivity contribution >= 4 is 0 Å². The highest BCUT2D eigenvalue weighted by Gasteiger charge is 2.21. The molecule has 0 saturated carbocycles. The molecule has 22 heavy (non-hydrogen) atoms. The van der Waals surface area contributed by atoms with Crippen molar-refractivity contribution in [3.63, 3.8) is 0 Å². The Bertz CT molecular complexity index is 596. The van der Waals surface area contributed by atoms with E-state index in [0.717, 1.165) is 25.4 Å². The third-order valence-electron chi connectivity index (χ3n) is 4.21. The average molecular weight is 303 g/mol. The zero-order valence-electron chi connectivity index (χ0n) is 12.9. The molecule has 1 aliphatic heterocycles. The van der Waals surface area contributed by atoms with Crippen molar-refractivity contribution in [1.29, 1.82) is 0 Å². The number of aromatic nitrogens is 2. The third kappa shape index (κ3) is 3.85. The van der Waals surface area contributed by atoms with E-state index in [9.17, 15) is 4.39 Å². The first-order chi connectivity index (χ1) is 10.7. The van der Waals surface area contributed by atoms with Crippen molar-refractivity contribution in [2.45, 2.75) is 19.4 Å². The van der Waals surface area contributed by atoms with Crippen LogP contribution in [0.15, 0.2) is 36.5 Å². The Hall–Kier alpha value is -1.88. The fourth-order valence-electron chi connectivity index (χ4n) is 2.96. The fourth-order valence-corrected chi connectivity index (χ4v) is 2.96. The number of aryl methyl sites for hydroxylation is 1. The predicted molar refractivity (Wildman–Crippen MR) is 83.1 cm³/mol. The molecule has 1 aromatic carbocycles. The van der Waals surface area contributed by atoms with Gasteiger partial charge in [-0.05, 0) is 49.7 Å². The van der Waals surface area contributed by atoms with Gasteiger partial charge in [0, 0.05) is 32.3 Å². The van der Waals surface area contributed by atoms with Crippen LogP contribution >= 0.6 is 0 Å². The highest BCUT2D eigenvalue weighted by Crippen LogP contribution is 2.20. The minimum absolute atomic E-state index is 0.229. The maximum Gasteiger partial charge on any atom is 0.123 e. The summed E-state index contributed by atoms with van der Waals surface area (Å²) >= 11 is 0. The average Bonchev–Trinajstić information content (AvgIpc) is 2.92. The van der Waals surface area contributed by atoms with Gasteiger partial charge in [0.15, 0.2) is 0 Å². The molecule has 0 unspecified atom stereocenters. The number of hydrogen-bond acceptors (Lipinski definition) is 3. The molecular formula is C17H22FN3O. The summed E-state index contributed by atoms with van der Waals surface area (Å²) in [6.07, 6.45) is 4.22. The molecule has 0 spiro atoms. The van der Waals surface area contributed by atoms with Crippen molar-refractivity contribution in [2.75, 3.05) is 19.7 Å². The number of benzene rings is 1. The van der Waals surface area contributed by atoms with Crippen molar-refractivity contribution in [3.8, 4) is 5.75 Å². The highest BCUT2D eigenvalue weighted by molar-refractivity contribution is 5.22. The number of hydrogen-bond donors (Lipinski definition) is 0. The lowest BCUT2D eigenvalue weighted by atomic mass is 9.99. The Morgan fingerprint density at radius 3 is 2.82 bits per heavy atom. The molecule has 1 aromatic heterocycles. The molecule has 2 aromatic rings. The van der Waals surface area contributed by atoms with Gasteiger partial charge in [0.1, 0.15) is 11.6 Å². The molecule has 0 bridgehead atoms. The molecule has 0 radical (unpaired) electrons. The van der Waals surface area contributed by atoms with Gasteiger partial charge in [-0.1, -0.05) is 0 Å². The highest BCUT2D eigenvalue weighted by atomic mass is 19.1. The van der Waals surface area contributed by atoms with Crippen LogP contribution in [0, 0.1) is 11.7 Å². The molecule has 118 valence electrons. The molecule has 1 fully saturated rings. The lowest BCUT2D eigenvalue weighted by Gasteiger charge is -2.32. The van der Waals surface area contributed by atoms with Crippen LogP contribution in [-0.4, -0.2) is 34.4 Å². The summed E-state index contributed by atoms with van der Waals surface area (Å²) in [6, 6.07) is 8.31. The summed E-state index contributed by atoms with van der Waals surface area (Å²) < 4.78 is 20.6. The van der Waals surface area contributed by atoms with Crippen molar-refractivity contribution in [1.82, 2.24) is 14.7 Å².